The number of hydrogen-bond donors (Lipinski definition) is 1. The van der Waals surface area contributed by atoms with E-state index in [1.165, 1.54) is 10.9 Å². The van der Waals surface area contributed by atoms with Gasteiger partial charge in [-0.3, -0.25) is 9.88 Å². The molecule has 3 rings (SSSR count). The first-order valence-electron chi connectivity index (χ1n) is 7.51. The largest absolute Gasteiger partial charge is 0.393 e. The number of nitrogens with zero attached hydrogens (tertiary/aromatic N) is 2. The SMILES string of the molecule is CCC1CN(Cc2cccc3cccnc23)CCC1O. The molecule has 0 aliphatic carbocycles. The third-order valence-electron chi connectivity index (χ3n) is 4.41. The standard InChI is InChI=1S/C17H22N2O/c1-2-13-11-19(10-8-16(13)20)12-15-6-3-5-14-7-4-9-18-17(14)15/h3-7,9,13,16,20H,2,8,10-12H2,1H3. The molecule has 2 atom stereocenters. The minimum absolute atomic E-state index is 0.123. The lowest BCUT2D eigenvalue weighted by molar-refractivity contribution is 0.0223. The summed E-state index contributed by atoms with van der Waals surface area (Å²) in [5.41, 5.74) is 2.39. The molecule has 0 spiro atoms. The number of para-hydroxylation sites is 1. The van der Waals surface area contributed by atoms with Crippen LogP contribution in [0.5, 0.6) is 0 Å². The summed E-state index contributed by atoms with van der Waals surface area (Å²) in [5, 5.41) is 11.2. The summed E-state index contributed by atoms with van der Waals surface area (Å²) in [5.74, 6) is 0.409. The number of hydrogen-bond acceptors (Lipinski definition) is 3. The second-order valence-electron chi connectivity index (χ2n) is 5.75. The highest BCUT2D eigenvalue weighted by molar-refractivity contribution is 5.81. The first-order valence-corrected chi connectivity index (χ1v) is 7.51. The first kappa shape index (κ1) is 13.5. The van der Waals surface area contributed by atoms with Crippen LogP contribution in [0.4, 0.5) is 0 Å². The molecule has 2 unspecified atom stereocenters. The van der Waals surface area contributed by atoms with Crippen LogP contribution in [0.2, 0.25) is 0 Å². The molecule has 2 heterocycles. The van der Waals surface area contributed by atoms with Crippen LogP contribution in [0.1, 0.15) is 25.3 Å². The van der Waals surface area contributed by atoms with E-state index in [1.807, 2.05) is 12.3 Å². The Labute approximate surface area is 120 Å². The maximum Gasteiger partial charge on any atom is 0.0746 e. The molecule has 1 aliphatic heterocycles. The van der Waals surface area contributed by atoms with Gasteiger partial charge in [-0.25, -0.2) is 0 Å². The van der Waals surface area contributed by atoms with E-state index in [1.54, 1.807) is 0 Å². The highest BCUT2D eigenvalue weighted by Gasteiger charge is 2.26. The van der Waals surface area contributed by atoms with Gasteiger partial charge in [0.15, 0.2) is 0 Å². The van der Waals surface area contributed by atoms with Crippen molar-refractivity contribution < 1.29 is 5.11 Å². The van der Waals surface area contributed by atoms with E-state index in [0.717, 1.165) is 38.0 Å². The van der Waals surface area contributed by atoms with E-state index in [2.05, 4.69) is 41.1 Å². The Balaban J connectivity index is 1.80. The molecule has 106 valence electrons. The zero-order valence-electron chi connectivity index (χ0n) is 12.0. The van der Waals surface area contributed by atoms with Crippen LogP contribution in [0, 0.1) is 5.92 Å². The van der Waals surface area contributed by atoms with E-state index < -0.39 is 0 Å². The normalized spacial score (nSPS) is 24.1. The molecular weight excluding hydrogens is 248 g/mol. The number of aliphatic hydroxyl groups is 1. The highest BCUT2D eigenvalue weighted by Crippen LogP contribution is 2.23. The fraction of sp³-hybridized carbons (Fsp3) is 0.471. The van der Waals surface area contributed by atoms with E-state index in [9.17, 15) is 5.11 Å². The number of fused-ring (bicyclic) bond motifs is 1. The summed E-state index contributed by atoms with van der Waals surface area (Å²) in [4.78, 5) is 6.97. The lowest BCUT2D eigenvalue weighted by Crippen LogP contribution is -2.42. The number of likely N-dealkylation sites (tertiary alicyclic amines) is 1. The van der Waals surface area contributed by atoms with E-state index in [-0.39, 0.29) is 6.10 Å². The monoisotopic (exact) mass is 270 g/mol. The van der Waals surface area contributed by atoms with Gasteiger partial charge >= 0.3 is 0 Å². The Hall–Kier alpha value is -1.45. The highest BCUT2D eigenvalue weighted by atomic mass is 16.3. The molecule has 1 aromatic carbocycles. The van der Waals surface area contributed by atoms with E-state index >= 15 is 0 Å². The lowest BCUT2D eigenvalue weighted by atomic mass is 9.92. The van der Waals surface area contributed by atoms with Gasteiger partial charge in [0.1, 0.15) is 0 Å². The van der Waals surface area contributed by atoms with Crippen molar-refractivity contribution in [1.29, 1.82) is 0 Å². The summed E-state index contributed by atoms with van der Waals surface area (Å²) < 4.78 is 0. The molecule has 1 aromatic heterocycles. The molecule has 0 amide bonds. The van der Waals surface area contributed by atoms with Gasteiger partial charge in [-0.2, -0.15) is 0 Å². The van der Waals surface area contributed by atoms with Crippen molar-refractivity contribution in [2.75, 3.05) is 13.1 Å². The van der Waals surface area contributed by atoms with Crippen LogP contribution in [-0.2, 0) is 6.54 Å². The molecule has 1 fully saturated rings. The molecular formula is C17H22N2O. The van der Waals surface area contributed by atoms with Gasteiger partial charge in [0.2, 0.25) is 0 Å². The van der Waals surface area contributed by atoms with Gasteiger partial charge in [-0.15, -0.1) is 0 Å². The minimum Gasteiger partial charge on any atom is -0.393 e. The Morgan fingerprint density at radius 1 is 1.30 bits per heavy atom. The average Bonchev–Trinajstić information content (AvgIpc) is 2.49. The molecule has 1 saturated heterocycles. The van der Waals surface area contributed by atoms with Crippen LogP contribution >= 0.6 is 0 Å². The van der Waals surface area contributed by atoms with Crippen molar-refractivity contribution in [3.63, 3.8) is 0 Å². The number of rotatable bonds is 3. The fourth-order valence-corrected chi connectivity index (χ4v) is 3.18. The summed E-state index contributed by atoms with van der Waals surface area (Å²) in [6, 6.07) is 10.5. The predicted octanol–water partition coefficient (Wildman–Crippen LogP) is 2.83. The number of aliphatic hydroxyl groups excluding tert-OH is 1. The van der Waals surface area contributed by atoms with Crippen LogP contribution in [0.15, 0.2) is 36.5 Å². The van der Waals surface area contributed by atoms with Crippen molar-refractivity contribution in [3.05, 3.63) is 42.1 Å². The number of pyridine rings is 1. The minimum atomic E-state index is -0.123. The second-order valence-corrected chi connectivity index (χ2v) is 5.75. The smallest absolute Gasteiger partial charge is 0.0746 e. The predicted molar refractivity (Wildman–Crippen MR) is 81.4 cm³/mol. The summed E-state index contributed by atoms with van der Waals surface area (Å²) in [7, 11) is 0. The maximum absolute atomic E-state index is 9.99. The average molecular weight is 270 g/mol. The van der Waals surface area contributed by atoms with Gasteiger partial charge in [0.05, 0.1) is 11.6 Å². The molecule has 20 heavy (non-hydrogen) atoms. The summed E-state index contributed by atoms with van der Waals surface area (Å²) in [6.45, 7) is 5.05. The third-order valence-corrected chi connectivity index (χ3v) is 4.41. The first-order chi connectivity index (χ1) is 9.78. The van der Waals surface area contributed by atoms with Crippen molar-refractivity contribution in [2.45, 2.75) is 32.4 Å². The Kier molecular flexibility index (Phi) is 3.99. The summed E-state index contributed by atoms with van der Waals surface area (Å²) >= 11 is 0. The number of piperidine rings is 1. The zero-order valence-corrected chi connectivity index (χ0v) is 12.0. The van der Waals surface area contributed by atoms with Crippen LogP contribution < -0.4 is 0 Å². The zero-order chi connectivity index (χ0) is 13.9. The van der Waals surface area contributed by atoms with Gasteiger partial charge < -0.3 is 5.11 Å². The van der Waals surface area contributed by atoms with Gasteiger partial charge in [-0.1, -0.05) is 31.2 Å². The fourth-order valence-electron chi connectivity index (χ4n) is 3.18. The topological polar surface area (TPSA) is 36.4 Å². The van der Waals surface area contributed by atoms with Crippen molar-refractivity contribution in [3.8, 4) is 0 Å². The van der Waals surface area contributed by atoms with E-state index in [4.69, 9.17) is 0 Å². The molecule has 1 aliphatic rings. The van der Waals surface area contributed by atoms with Crippen molar-refractivity contribution in [2.24, 2.45) is 5.92 Å². The van der Waals surface area contributed by atoms with Gasteiger partial charge in [-0.05, 0) is 30.4 Å². The lowest BCUT2D eigenvalue weighted by Gasteiger charge is -2.35. The van der Waals surface area contributed by atoms with Crippen LogP contribution in [-0.4, -0.2) is 34.2 Å². The Morgan fingerprint density at radius 3 is 3.00 bits per heavy atom. The molecule has 0 radical (unpaired) electrons. The molecule has 3 heteroatoms. The quantitative estimate of drug-likeness (QED) is 0.931. The van der Waals surface area contributed by atoms with Gasteiger partial charge in [0.25, 0.3) is 0 Å². The number of benzene rings is 1. The molecule has 0 bridgehead atoms. The second kappa shape index (κ2) is 5.90. The van der Waals surface area contributed by atoms with Crippen molar-refractivity contribution >= 4 is 10.9 Å². The molecule has 1 N–H and O–H groups in total. The molecule has 3 nitrogen and oxygen atoms in total. The van der Waals surface area contributed by atoms with Crippen molar-refractivity contribution in [1.82, 2.24) is 9.88 Å². The maximum atomic E-state index is 9.99. The van der Waals surface area contributed by atoms with Crippen LogP contribution in [0.25, 0.3) is 10.9 Å². The van der Waals surface area contributed by atoms with E-state index in [0.29, 0.717) is 5.92 Å². The third kappa shape index (κ3) is 2.69. The molecule has 2 aromatic rings. The Bertz CT molecular complexity index is 579. The van der Waals surface area contributed by atoms with Crippen LogP contribution in [0.3, 0.4) is 0 Å². The molecule has 0 saturated carbocycles. The van der Waals surface area contributed by atoms with Gasteiger partial charge in [0, 0.05) is 31.2 Å². The Morgan fingerprint density at radius 2 is 2.15 bits per heavy atom. The number of aromatic nitrogens is 1. The summed E-state index contributed by atoms with van der Waals surface area (Å²) in [6.07, 6.45) is 3.67.